The average Bonchev–Trinajstić information content (AvgIpc) is 2.62. The van der Waals surface area contributed by atoms with Gasteiger partial charge in [0.05, 0.1) is 12.6 Å². The molecule has 1 atom stereocenters. The lowest BCUT2D eigenvalue weighted by atomic mass is 10.2. The van der Waals surface area contributed by atoms with Gasteiger partial charge in [-0.3, -0.25) is 5.01 Å². The Morgan fingerprint density at radius 3 is 2.71 bits per heavy atom. The van der Waals surface area contributed by atoms with Gasteiger partial charge in [0.2, 0.25) is 0 Å². The van der Waals surface area contributed by atoms with Gasteiger partial charge < -0.3 is 4.74 Å². The second-order valence-electron chi connectivity index (χ2n) is 3.79. The van der Waals surface area contributed by atoms with Crippen LogP contribution >= 0.6 is 0 Å². The summed E-state index contributed by atoms with van der Waals surface area (Å²) in [5, 5.41) is 6.90. The zero-order valence-electron chi connectivity index (χ0n) is 9.62. The Bertz CT molecular complexity index is 186. The van der Waals surface area contributed by atoms with Gasteiger partial charge in [-0.15, -0.1) is 0 Å². The highest BCUT2D eigenvalue weighted by molar-refractivity contribution is 5.83. The van der Waals surface area contributed by atoms with Crippen LogP contribution in [0.2, 0.25) is 0 Å². The first-order chi connectivity index (χ1) is 6.81. The van der Waals surface area contributed by atoms with E-state index in [1.165, 1.54) is 18.6 Å². The van der Waals surface area contributed by atoms with Crippen LogP contribution in [0, 0.1) is 0 Å². The summed E-state index contributed by atoms with van der Waals surface area (Å²) >= 11 is 0. The third kappa shape index (κ3) is 2.98. The van der Waals surface area contributed by atoms with E-state index >= 15 is 0 Å². The minimum absolute atomic E-state index is 0.507. The molecule has 0 aliphatic carbocycles. The summed E-state index contributed by atoms with van der Waals surface area (Å²) < 4.78 is 5.19. The molecule has 82 valence electrons. The highest BCUT2D eigenvalue weighted by Gasteiger charge is 2.22. The van der Waals surface area contributed by atoms with Crippen molar-refractivity contribution in [1.29, 1.82) is 0 Å². The van der Waals surface area contributed by atoms with Crippen molar-refractivity contribution in [1.82, 2.24) is 5.01 Å². The fourth-order valence-corrected chi connectivity index (χ4v) is 1.89. The van der Waals surface area contributed by atoms with Crippen molar-refractivity contribution < 1.29 is 4.74 Å². The molecule has 0 aromatic carbocycles. The zero-order valence-corrected chi connectivity index (χ0v) is 9.62. The average molecular weight is 198 g/mol. The number of hydrazone groups is 1. The Morgan fingerprint density at radius 1 is 1.43 bits per heavy atom. The van der Waals surface area contributed by atoms with Crippen LogP contribution in [0.5, 0.6) is 0 Å². The van der Waals surface area contributed by atoms with Crippen LogP contribution in [0.1, 0.15) is 39.5 Å². The molecular formula is C11H22N2O. The van der Waals surface area contributed by atoms with E-state index in [1.807, 2.05) is 0 Å². The first kappa shape index (κ1) is 11.5. The van der Waals surface area contributed by atoms with Crippen LogP contribution in [0.25, 0.3) is 0 Å². The molecule has 1 aliphatic rings. The summed E-state index contributed by atoms with van der Waals surface area (Å²) in [5.41, 5.74) is 1.30. The monoisotopic (exact) mass is 198 g/mol. The lowest BCUT2D eigenvalue weighted by molar-refractivity contribution is 0.117. The summed E-state index contributed by atoms with van der Waals surface area (Å²) in [7, 11) is 1.76. The van der Waals surface area contributed by atoms with Crippen LogP contribution < -0.4 is 0 Å². The Balaban J connectivity index is 2.53. The fourth-order valence-electron chi connectivity index (χ4n) is 1.89. The summed E-state index contributed by atoms with van der Waals surface area (Å²) in [6, 6.07) is 0.507. The third-order valence-corrected chi connectivity index (χ3v) is 2.79. The van der Waals surface area contributed by atoms with E-state index < -0.39 is 0 Å². The minimum atomic E-state index is 0.507. The van der Waals surface area contributed by atoms with Crippen LogP contribution in [-0.4, -0.2) is 37.0 Å². The third-order valence-electron chi connectivity index (χ3n) is 2.79. The SMILES string of the molecule is CCC(CC)=NN1CCC[C@H]1COC. The van der Waals surface area contributed by atoms with E-state index in [-0.39, 0.29) is 0 Å². The second-order valence-corrected chi connectivity index (χ2v) is 3.79. The highest BCUT2D eigenvalue weighted by Crippen LogP contribution is 2.18. The molecule has 0 saturated carbocycles. The van der Waals surface area contributed by atoms with Gasteiger partial charge in [-0.25, -0.2) is 0 Å². The van der Waals surface area contributed by atoms with Crippen LogP contribution in [0.3, 0.4) is 0 Å². The summed E-state index contributed by atoms with van der Waals surface area (Å²) in [6.45, 7) is 6.25. The van der Waals surface area contributed by atoms with Gasteiger partial charge in [0.1, 0.15) is 0 Å². The van der Waals surface area contributed by atoms with Gasteiger partial charge in [0.25, 0.3) is 0 Å². The van der Waals surface area contributed by atoms with E-state index in [1.54, 1.807) is 7.11 Å². The predicted molar refractivity (Wildman–Crippen MR) is 59.6 cm³/mol. The molecule has 0 bridgehead atoms. The second kappa shape index (κ2) is 6.02. The lowest BCUT2D eigenvalue weighted by Crippen LogP contribution is -2.29. The summed E-state index contributed by atoms with van der Waals surface area (Å²) in [5.74, 6) is 0. The van der Waals surface area contributed by atoms with Gasteiger partial charge in [0.15, 0.2) is 0 Å². The molecule has 3 heteroatoms. The van der Waals surface area contributed by atoms with Crippen LogP contribution in [-0.2, 0) is 4.74 Å². The maximum atomic E-state index is 5.19. The molecule has 0 spiro atoms. The summed E-state index contributed by atoms with van der Waals surface area (Å²) in [4.78, 5) is 0. The van der Waals surface area contributed by atoms with Gasteiger partial charge >= 0.3 is 0 Å². The Hall–Kier alpha value is -0.570. The smallest absolute Gasteiger partial charge is 0.0704 e. The van der Waals surface area contributed by atoms with E-state index in [2.05, 4.69) is 24.0 Å². The number of rotatable bonds is 5. The molecule has 1 fully saturated rings. The van der Waals surface area contributed by atoms with Gasteiger partial charge in [0, 0.05) is 19.4 Å². The van der Waals surface area contributed by atoms with Crippen molar-refractivity contribution in [2.24, 2.45) is 5.10 Å². The van der Waals surface area contributed by atoms with Crippen molar-refractivity contribution in [3.05, 3.63) is 0 Å². The van der Waals surface area contributed by atoms with E-state index in [0.717, 1.165) is 26.0 Å². The van der Waals surface area contributed by atoms with Gasteiger partial charge in [-0.2, -0.15) is 5.10 Å². The Kier molecular flexibility index (Phi) is 4.94. The summed E-state index contributed by atoms with van der Waals surface area (Å²) in [6.07, 6.45) is 4.59. The number of ether oxygens (including phenoxy) is 1. The standard InChI is InChI=1S/C11H22N2O/c1-4-10(5-2)12-13-8-6-7-11(13)9-14-3/h11H,4-9H2,1-3H3/t11-/m0/s1. The van der Waals surface area contributed by atoms with Crippen molar-refractivity contribution in [3.8, 4) is 0 Å². The van der Waals surface area contributed by atoms with E-state index in [9.17, 15) is 0 Å². The van der Waals surface area contributed by atoms with Crippen LogP contribution in [0.15, 0.2) is 5.10 Å². The molecule has 0 aromatic rings. The number of hydrogen-bond donors (Lipinski definition) is 0. The van der Waals surface area contributed by atoms with Gasteiger partial charge in [-0.1, -0.05) is 13.8 Å². The molecule has 1 rings (SSSR count). The van der Waals surface area contributed by atoms with Crippen molar-refractivity contribution in [3.63, 3.8) is 0 Å². The Morgan fingerprint density at radius 2 is 2.14 bits per heavy atom. The van der Waals surface area contributed by atoms with Crippen molar-refractivity contribution in [2.45, 2.75) is 45.6 Å². The topological polar surface area (TPSA) is 24.8 Å². The Labute approximate surface area is 87.1 Å². The quantitative estimate of drug-likeness (QED) is 0.633. The first-order valence-electron chi connectivity index (χ1n) is 5.63. The normalized spacial score (nSPS) is 21.4. The molecule has 0 amide bonds. The molecule has 3 nitrogen and oxygen atoms in total. The molecule has 14 heavy (non-hydrogen) atoms. The van der Waals surface area contributed by atoms with E-state index in [4.69, 9.17) is 4.74 Å². The van der Waals surface area contributed by atoms with Crippen molar-refractivity contribution in [2.75, 3.05) is 20.3 Å². The van der Waals surface area contributed by atoms with E-state index in [0.29, 0.717) is 6.04 Å². The minimum Gasteiger partial charge on any atom is -0.382 e. The van der Waals surface area contributed by atoms with Crippen molar-refractivity contribution >= 4 is 5.71 Å². The first-order valence-corrected chi connectivity index (χ1v) is 5.63. The molecule has 0 N–H and O–H groups in total. The lowest BCUT2D eigenvalue weighted by Gasteiger charge is -2.21. The number of nitrogens with zero attached hydrogens (tertiary/aromatic N) is 2. The molecule has 1 aliphatic heterocycles. The molecular weight excluding hydrogens is 176 g/mol. The molecule has 1 saturated heterocycles. The molecule has 0 aromatic heterocycles. The maximum Gasteiger partial charge on any atom is 0.0704 e. The van der Waals surface area contributed by atoms with Gasteiger partial charge in [-0.05, 0) is 25.7 Å². The largest absolute Gasteiger partial charge is 0.382 e. The highest BCUT2D eigenvalue weighted by atomic mass is 16.5. The zero-order chi connectivity index (χ0) is 10.4. The molecule has 0 radical (unpaired) electrons. The number of hydrogen-bond acceptors (Lipinski definition) is 3. The molecule has 1 heterocycles. The molecule has 0 unspecified atom stereocenters. The predicted octanol–water partition coefficient (Wildman–Crippen LogP) is 2.27. The maximum absolute atomic E-state index is 5.19. The van der Waals surface area contributed by atoms with Crippen LogP contribution in [0.4, 0.5) is 0 Å². The number of methoxy groups -OCH3 is 1. The fraction of sp³-hybridized carbons (Fsp3) is 0.909.